The molecular formula is C16H19N5O6. The van der Waals surface area contributed by atoms with E-state index in [-0.39, 0.29) is 11.6 Å². The highest BCUT2D eigenvalue weighted by atomic mass is 16.6. The lowest BCUT2D eigenvalue weighted by molar-refractivity contribution is -0.383. The molecule has 1 fully saturated rings. The first-order valence-corrected chi connectivity index (χ1v) is 8.17. The normalized spacial score (nSPS) is 24.6. The Morgan fingerprint density at radius 3 is 2.48 bits per heavy atom. The number of nitrogens with zero attached hydrogens (tertiary/aromatic N) is 3. The average Bonchev–Trinajstić information content (AvgIpc) is 2.95. The van der Waals surface area contributed by atoms with Crippen molar-refractivity contribution in [3.63, 3.8) is 0 Å². The molecule has 0 aliphatic carbocycles. The predicted octanol–water partition coefficient (Wildman–Crippen LogP) is -0.152. The van der Waals surface area contributed by atoms with Gasteiger partial charge in [0.2, 0.25) is 11.6 Å². The van der Waals surface area contributed by atoms with E-state index in [9.17, 15) is 20.3 Å². The molecule has 0 saturated carbocycles. The number of benzene rings is 1. The van der Waals surface area contributed by atoms with E-state index in [4.69, 9.17) is 9.84 Å². The van der Waals surface area contributed by atoms with Crippen molar-refractivity contribution >= 4 is 17.3 Å². The standard InChI is InChI=1S/C16H19N5O6/c22-7-10-12(23)13(24)16(27-10)20-15-11(21(25)26)14(18-8-19-15)17-6-9-4-2-1-3-5-9/h1-5,8,10,12-13,16,22-24H,6-7H2,(H2,17,18,19,20)/t10-,12-,13-,16-/m1/s1. The molecule has 1 aromatic carbocycles. The van der Waals surface area contributed by atoms with Crippen molar-refractivity contribution < 1.29 is 25.0 Å². The quantitative estimate of drug-likeness (QED) is 0.324. The molecule has 144 valence electrons. The summed E-state index contributed by atoms with van der Waals surface area (Å²) in [5, 5.41) is 46.0. The minimum Gasteiger partial charge on any atom is -0.394 e. The third-order valence-electron chi connectivity index (χ3n) is 4.13. The van der Waals surface area contributed by atoms with Gasteiger partial charge in [0, 0.05) is 6.54 Å². The predicted molar refractivity (Wildman–Crippen MR) is 93.8 cm³/mol. The summed E-state index contributed by atoms with van der Waals surface area (Å²) >= 11 is 0. The lowest BCUT2D eigenvalue weighted by Crippen LogP contribution is -2.36. The Hall–Kier alpha value is -2.86. The van der Waals surface area contributed by atoms with Crippen molar-refractivity contribution in [2.24, 2.45) is 0 Å². The summed E-state index contributed by atoms with van der Waals surface area (Å²) in [6.07, 6.45) is -3.77. The molecule has 4 atom stereocenters. The van der Waals surface area contributed by atoms with Gasteiger partial charge in [-0.3, -0.25) is 10.1 Å². The first-order valence-electron chi connectivity index (χ1n) is 8.17. The smallest absolute Gasteiger partial charge is 0.353 e. The summed E-state index contributed by atoms with van der Waals surface area (Å²) < 4.78 is 5.28. The molecule has 5 N–H and O–H groups in total. The zero-order valence-corrected chi connectivity index (χ0v) is 14.1. The zero-order chi connectivity index (χ0) is 19.4. The number of hydrogen-bond donors (Lipinski definition) is 5. The van der Waals surface area contributed by atoms with Gasteiger partial charge in [0.25, 0.3) is 0 Å². The fourth-order valence-electron chi connectivity index (χ4n) is 2.72. The number of anilines is 2. The topological polar surface area (TPSA) is 163 Å². The summed E-state index contributed by atoms with van der Waals surface area (Å²) in [6.45, 7) is -0.196. The maximum absolute atomic E-state index is 11.5. The molecule has 3 rings (SSSR count). The number of nitrogens with one attached hydrogen (secondary N) is 2. The van der Waals surface area contributed by atoms with E-state index >= 15 is 0 Å². The molecule has 0 amide bonds. The van der Waals surface area contributed by atoms with E-state index in [1.807, 2.05) is 30.3 Å². The molecule has 1 aromatic heterocycles. The fourth-order valence-corrected chi connectivity index (χ4v) is 2.72. The van der Waals surface area contributed by atoms with E-state index in [1.54, 1.807) is 0 Å². The van der Waals surface area contributed by atoms with Gasteiger partial charge in [0.05, 0.1) is 11.5 Å². The Balaban J connectivity index is 1.80. The SMILES string of the molecule is O=[N+]([O-])c1c(NCc2ccccc2)ncnc1N[C@@H]1O[C@H](CO)[C@@H](O)[C@H]1O. The number of hydrogen-bond acceptors (Lipinski definition) is 10. The van der Waals surface area contributed by atoms with Crippen LogP contribution in [0.5, 0.6) is 0 Å². The van der Waals surface area contributed by atoms with Gasteiger partial charge in [-0.15, -0.1) is 0 Å². The van der Waals surface area contributed by atoms with Crippen molar-refractivity contribution in [1.82, 2.24) is 9.97 Å². The Kier molecular flexibility index (Phi) is 5.76. The minimum atomic E-state index is -1.39. The van der Waals surface area contributed by atoms with Crippen LogP contribution in [0.1, 0.15) is 5.56 Å². The van der Waals surface area contributed by atoms with Gasteiger partial charge in [-0.05, 0) is 5.56 Å². The lowest BCUT2D eigenvalue weighted by Gasteiger charge is -2.17. The van der Waals surface area contributed by atoms with Crippen LogP contribution in [0.4, 0.5) is 17.3 Å². The monoisotopic (exact) mass is 377 g/mol. The average molecular weight is 377 g/mol. The van der Waals surface area contributed by atoms with Crippen LogP contribution >= 0.6 is 0 Å². The molecule has 1 saturated heterocycles. The second kappa shape index (κ2) is 8.22. The van der Waals surface area contributed by atoms with Crippen LogP contribution in [-0.4, -0.2) is 61.4 Å². The van der Waals surface area contributed by atoms with Gasteiger partial charge in [-0.2, -0.15) is 0 Å². The number of aliphatic hydroxyl groups excluding tert-OH is 3. The Morgan fingerprint density at radius 1 is 1.15 bits per heavy atom. The minimum absolute atomic E-state index is 0.00639. The third kappa shape index (κ3) is 4.11. The van der Waals surface area contributed by atoms with Crippen molar-refractivity contribution in [1.29, 1.82) is 0 Å². The molecule has 0 radical (unpaired) electrons. The van der Waals surface area contributed by atoms with Crippen molar-refractivity contribution in [2.75, 3.05) is 17.2 Å². The van der Waals surface area contributed by atoms with Gasteiger partial charge >= 0.3 is 5.69 Å². The number of aliphatic hydroxyl groups is 3. The number of ether oxygens (including phenoxy) is 1. The highest BCUT2D eigenvalue weighted by Crippen LogP contribution is 2.31. The van der Waals surface area contributed by atoms with E-state index in [0.29, 0.717) is 6.54 Å². The Labute approximate surface area is 153 Å². The van der Waals surface area contributed by atoms with E-state index < -0.39 is 41.8 Å². The number of nitro groups is 1. The lowest BCUT2D eigenvalue weighted by atomic mass is 10.1. The zero-order valence-electron chi connectivity index (χ0n) is 14.1. The summed E-state index contributed by atoms with van der Waals surface area (Å²) in [4.78, 5) is 18.7. The fraction of sp³-hybridized carbons (Fsp3) is 0.375. The third-order valence-corrected chi connectivity index (χ3v) is 4.13. The van der Waals surface area contributed by atoms with Gasteiger partial charge in [-0.1, -0.05) is 30.3 Å². The van der Waals surface area contributed by atoms with Crippen LogP contribution in [-0.2, 0) is 11.3 Å². The maximum Gasteiger partial charge on any atom is 0.353 e. The molecule has 1 aliphatic rings. The maximum atomic E-state index is 11.5. The summed E-state index contributed by atoms with van der Waals surface area (Å²) in [5.74, 6) is -0.187. The second-order valence-electron chi connectivity index (χ2n) is 5.92. The van der Waals surface area contributed by atoms with Gasteiger partial charge in [0.1, 0.15) is 24.6 Å². The highest BCUT2D eigenvalue weighted by Gasteiger charge is 2.43. The van der Waals surface area contributed by atoms with Crippen LogP contribution in [0, 0.1) is 10.1 Å². The highest BCUT2D eigenvalue weighted by molar-refractivity contribution is 5.69. The number of rotatable bonds is 7. The molecule has 11 nitrogen and oxygen atoms in total. The van der Waals surface area contributed by atoms with E-state index in [2.05, 4.69) is 20.6 Å². The molecule has 0 bridgehead atoms. The molecule has 0 unspecified atom stereocenters. The van der Waals surface area contributed by atoms with Crippen molar-refractivity contribution in [2.45, 2.75) is 31.1 Å². The van der Waals surface area contributed by atoms with Crippen LogP contribution < -0.4 is 10.6 Å². The number of aromatic nitrogens is 2. The summed E-state index contributed by atoms with van der Waals surface area (Å²) in [5.41, 5.74) is 0.481. The molecule has 27 heavy (non-hydrogen) atoms. The Bertz CT molecular complexity index is 792. The van der Waals surface area contributed by atoms with Crippen molar-refractivity contribution in [3.05, 3.63) is 52.3 Å². The first kappa shape index (κ1) is 18.9. The molecular weight excluding hydrogens is 358 g/mol. The molecule has 2 heterocycles. The van der Waals surface area contributed by atoms with Crippen molar-refractivity contribution in [3.8, 4) is 0 Å². The van der Waals surface area contributed by atoms with Crippen LogP contribution in [0.2, 0.25) is 0 Å². The summed E-state index contributed by atoms with van der Waals surface area (Å²) in [7, 11) is 0. The molecule has 2 aromatic rings. The van der Waals surface area contributed by atoms with Crippen LogP contribution in [0.25, 0.3) is 0 Å². The van der Waals surface area contributed by atoms with Gasteiger partial charge < -0.3 is 30.7 Å². The van der Waals surface area contributed by atoms with Crippen LogP contribution in [0.3, 0.4) is 0 Å². The molecule has 0 spiro atoms. The van der Waals surface area contributed by atoms with Gasteiger partial charge in [0.15, 0.2) is 6.23 Å². The molecule has 1 aliphatic heterocycles. The van der Waals surface area contributed by atoms with Crippen LogP contribution in [0.15, 0.2) is 36.7 Å². The second-order valence-corrected chi connectivity index (χ2v) is 5.92. The first-order chi connectivity index (χ1) is 13.0. The Morgan fingerprint density at radius 2 is 1.85 bits per heavy atom. The van der Waals surface area contributed by atoms with Gasteiger partial charge in [-0.25, -0.2) is 9.97 Å². The van der Waals surface area contributed by atoms with E-state index in [0.717, 1.165) is 11.9 Å². The molecule has 11 heteroatoms. The summed E-state index contributed by atoms with van der Waals surface area (Å²) in [6, 6.07) is 9.27. The van der Waals surface area contributed by atoms with E-state index in [1.165, 1.54) is 0 Å². The largest absolute Gasteiger partial charge is 0.394 e.